The number of hydrogen-bond donors (Lipinski definition) is 2. The first kappa shape index (κ1) is 10.9. The fraction of sp³-hybridized carbons (Fsp3) is 0.250. The molecule has 0 aromatic carbocycles. The van der Waals surface area contributed by atoms with Gasteiger partial charge in [-0.2, -0.15) is 0 Å². The van der Waals surface area contributed by atoms with Gasteiger partial charge in [0.15, 0.2) is 0 Å². The molecule has 1 aliphatic rings. The van der Waals surface area contributed by atoms with Crippen molar-refractivity contribution in [2.24, 2.45) is 11.5 Å². The van der Waals surface area contributed by atoms with E-state index >= 15 is 0 Å². The van der Waals surface area contributed by atoms with E-state index in [0.29, 0.717) is 13.1 Å². The molecule has 0 radical (unpaired) electrons. The highest BCUT2D eigenvalue weighted by atomic mass is 15.2. The van der Waals surface area contributed by atoms with Crippen molar-refractivity contribution in [1.29, 1.82) is 0 Å². The Morgan fingerprint density at radius 2 is 2.19 bits per heavy atom. The largest absolute Gasteiger partial charge is 0.328 e. The highest BCUT2D eigenvalue weighted by Gasteiger charge is 2.21. The zero-order chi connectivity index (χ0) is 11.4. The number of allylic oxidation sites excluding steroid dienone is 2. The van der Waals surface area contributed by atoms with Crippen molar-refractivity contribution in [1.82, 2.24) is 4.98 Å². The van der Waals surface area contributed by atoms with Gasteiger partial charge in [-0.15, -0.1) is 0 Å². The van der Waals surface area contributed by atoms with Crippen LogP contribution in [0.3, 0.4) is 0 Å². The van der Waals surface area contributed by atoms with Crippen molar-refractivity contribution in [3.8, 4) is 0 Å². The second kappa shape index (κ2) is 4.92. The summed E-state index contributed by atoms with van der Waals surface area (Å²) in [5.41, 5.74) is 12.6. The van der Waals surface area contributed by atoms with Crippen molar-refractivity contribution in [3.05, 3.63) is 48.3 Å². The van der Waals surface area contributed by atoms with Gasteiger partial charge in [-0.3, -0.25) is 0 Å². The lowest BCUT2D eigenvalue weighted by Crippen LogP contribution is -2.42. The van der Waals surface area contributed by atoms with Crippen molar-refractivity contribution >= 4 is 5.82 Å². The number of nitrogens with two attached hydrogens (primary N) is 2. The Hall–Kier alpha value is -1.65. The monoisotopic (exact) mass is 216 g/mol. The number of anilines is 1. The summed E-state index contributed by atoms with van der Waals surface area (Å²) >= 11 is 0. The fourth-order valence-corrected chi connectivity index (χ4v) is 1.86. The maximum absolute atomic E-state index is 5.80. The van der Waals surface area contributed by atoms with Crippen LogP contribution in [0.1, 0.15) is 0 Å². The molecule has 0 fully saturated rings. The highest BCUT2D eigenvalue weighted by molar-refractivity contribution is 5.49. The number of aromatic nitrogens is 1. The molecule has 0 spiro atoms. The molecule has 1 aromatic heterocycles. The Labute approximate surface area is 95.3 Å². The molecule has 1 aliphatic heterocycles. The van der Waals surface area contributed by atoms with Crippen LogP contribution in [-0.2, 0) is 0 Å². The van der Waals surface area contributed by atoms with E-state index in [4.69, 9.17) is 11.5 Å². The van der Waals surface area contributed by atoms with Crippen LogP contribution in [0.4, 0.5) is 5.82 Å². The van der Waals surface area contributed by atoms with Crippen LogP contribution in [0.25, 0.3) is 0 Å². The predicted molar refractivity (Wildman–Crippen MR) is 65.8 cm³/mol. The molecule has 2 heterocycles. The smallest absolute Gasteiger partial charge is 0.133 e. The molecular weight excluding hydrogens is 200 g/mol. The summed E-state index contributed by atoms with van der Waals surface area (Å²) in [6, 6.07) is 5.94. The molecule has 2 rings (SSSR count). The van der Waals surface area contributed by atoms with Gasteiger partial charge in [0.1, 0.15) is 5.82 Å². The van der Waals surface area contributed by atoms with E-state index in [1.807, 2.05) is 36.6 Å². The van der Waals surface area contributed by atoms with Gasteiger partial charge >= 0.3 is 0 Å². The quantitative estimate of drug-likeness (QED) is 0.777. The maximum atomic E-state index is 5.80. The van der Waals surface area contributed by atoms with Gasteiger partial charge in [0.25, 0.3) is 0 Å². The number of nitrogens with zero attached hydrogens (tertiary/aromatic N) is 2. The molecule has 0 aliphatic carbocycles. The van der Waals surface area contributed by atoms with Gasteiger partial charge in [-0.1, -0.05) is 12.1 Å². The van der Waals surface area contributed by atoms with E-state index in [1.165, 1.54) is 0 Å². The van der Waals surface area contributed by atoms with Gasteiger partial charge in [0.05, 0.1) is 6.04 Å². The number of pyridine rings is 1. The molecule has 0 saturated carbocycles. The number of hydrogen-bond acceptors (Lipinski definition) is 4. The summed E-state index contributed by atoms with van der Waals surface area (Å²) in [6.07, 6.45) is 7.76. The SMILES string of the molecule is NCC1=CC=CN(c2ccccn2)C1CN. The third-order valence-corrected chi connectivity index (χ3v) is 2.69. The molecule has 4 heteroatoms. The summed E-state index contributed by atoms with van der Waals surface area (Å²) in [4.78, 5) is 6.38. The minimum Gasteiger partial charge on any atom is -0.328 e. The van der Waals surface area contributed by atoms with Crippen LogP contribution < -0.4 is 16.4 Å². The Balaban J connectivity index is 2.29. The topological polar surface area (TPSA) is 68.2 Å². The average molecular weight is 216 g/mol. The van der Waals surface area contributed by atoms with Crippen LogP contribution in [0.5, 0.6) is 0 Å². The molecule has 0 amide bonds. The van der Waals surface area contributed by atoms with Crippen LogP contribution in [0.15, 0.2) is 48.3 Å². The van der Waals surface area contributed by atoms with E-state index in [0.717, 1.165) is 11.4 Å². The zero-order valence-corrected chi connectivity index (χ0v) is 9.08. The maximum Gasteiger partial charge on any atom is 0.133 e. The van der Waals surface area contributed by atoms with Crippen LogP contribution in [0.2, 0.25) is 0 Å². The first-order chi connectivity index (χ1) is 7.86. The van der Waals surface area contributed by atoms with Gasteiger partial charge in [-0.25, -0.2) is 4.98 Å². The normalized spacial score (nSPS) is 19.8. The van der Waals surface area contributed by atoms with E-state index < -0.39 is 0 Å². The standard InChI is InChI=1S/C12H16N4/c13-8-10-4-3-7-16(11(10)9-14)12-5-1-2-6-15-12/h1-7,11H,8-9,13-14H2. The molecule has 84 valence electrons. The van der Waals surface area contributed by atoms with E-state index in [2.05, 4.69) is 9.88 Å². The molecule has 1 unspecified atom stereocenters. The molecule has 4 N–H and O–H groups in total. The number of rotatable bonds is 3. The van der Waals surface area contributed by atoms with E-state index in [-0.39, 0.29) is 6.04 Å². The lowest BCUT2D eigenvalue weighted by Gasteiger charge is -2.32. The molecule has 1 aromatic rings. The lowest BCUT2D eigenvalue weighted by atomic mass is 10.0. The summed E-state index contributed by atoms with van der Waals surface area (Å²) in [7, 11) is 0. The van der Waals surface area contributed by atoms with Crippen molar-refractivity contribution < 1.29 is 0 Å². The predicted octanol–water partition coefficient (Wildman–Crippen LogP) is 0.628. The van der Waals surface area contributed by atoms with E-state index in [1.54, 1.807) is 6.20 Å². The summed E-state index contributed by atoms with van der Waals surface area (Å²) < 4.78 is 0. The van der Waals surface area contributed by atoms with Crippen LogP contribution >= 0.6 is 0 Å². The molecule has 0 bridgehead atoms. The van der Waals surface area contributed by atoms with Gasteiger partial charge in [-0.05, 0) is 23.8 Å². The second-order valence-corrected chi connectivity index (χ2v) is 3.63. The molecular formula is C12H16N4. The summed E-state index contributed by atoms with van der Waals surface area (Å²) in [5.74, 6) is 0.897. The Morgan fingerprint density at radius 1 is 1.31 bits per heavy atom. The molecule has 0 saturated heterocycles. The van der Waals surface area contributed by atoms with Gasteiger partial charge in [0.2, 0.25) is 0 Å². The molecule has 16 heavy (non-hydrogen) atoms. The summed E-state index contributed by atoms with van der Waals surface area (Å²) in [5, 5.41) is 0. The minimum absolute atomic E-state index is 0.116. The Kier molecular flexibility index (Phi) is 3.34. The van der Waals surface area contributed by atoms with Crippen molar-refractivity contribution in [2.75, 3.05) is 18.0 Å². The first-order valence-corrected chi connectivity index (χ1v) is 5.33. The lowest BCUT2D eigenvalue weighted by molar-refractivity contribution is 0.710. The van der Waals surface area contributed by atoms with Crippen LogP contribution in [0, 0.1) is 0 Å². The Morgan fingerprint density at radius 3 is 2.81 bits per heavy atom. The van der Waals surface area contributed by atoms with Crippen molar-refractivity contribution in [3.63, 3.8) is 0 Å². The minimum atomic E-state index is 0.116. The molecule has 4 nitrogen and oxygen atoms in total. The molecule has 1 atom stereocenters. The first-order valence-electron chi connectivity index (χ1n) is 5.33. The van der Waals surface area contributed by atoms with E-state index in [9.17, 15) is 0 Å². The fourth-order valence-electron chi connectivity index (χ4n) is 1.86. The average Bonchev–Trinajstić information content (AvgIpc) is 2.38. The van der Waals surface area contributed by atoms with Gasteiger partial charge < -0.3 is 16.4 Å². The third-order valence-electron chi connectivity index (χ3n) is 2.69. The van der Waals surface area contributed by atoms with Crippen LogP contribution in [-0.4, -0.2) is 24.1 Å². The third kappa shape index (κ3) is 1.98. The van der Waals surface area contributed by atoms with Crippen molar-refractivity contribution in [2.45, 2.75) is 6.04 Å². The highest BCUT2D eigenvalue weighted by Crippen LogP contribution is 2.21. The Bertz CT molecular complexity index is 397. The zero-order valence-electron chi connectivity index (χ0n) is 9.08. The summed E-state index contributed by atoms with van der Waals surface area (Å²) in [6.45, 7) is 1.06. The van der Waals surface area contributed by atoms with Gasteiger partial charge in [0, 0.05) is 25.5 Å². The second-order valence-electron chi connectivity index (χ2n) is 3.63.